The standard InChI is InChI=1S/C8H20NO6P/c1-9(2,3)6-7(4-5-8(10)11)15-16(12,13)14/h7-8,10-11H,4-6H2,1-3H3,(H-,12,13,14)/p+1. The summed E-state index contributed by atoms with van der Waals surface area (Å²) in [6.45, 7) is 0.373. The second-order valence-corrected chi connectivity index (χ2v) is 5.94. The van der Waals surface area contributed by atoms with Crippen LogP contribution in [0.3, 0.4) is 0 Å². The highest BCUT2D eigenvalue weighted by atomic mass is 31.2. The van der Waals surface area contributed by atoms with Gasteiger partial charge in [-0.15, -0.1) is 0 Å². The van der Waals surface area contributed by atoms with Crippen molar-refractivity contribution in [2.24, 2.45) is 0 Å². The lowest BCUT2D eigenvalue weighted by molar-refractivity contribution is -0.873. The molecule has 0 aromatic carbocycles. The quantitative estimate of drug-likeness (QED) is 0.272. The van der Waals surface area contributed by atoms with Gasteiger partial charge in [-0.25, -0.2) is 4.57 Å². The summed E-state index contributed by atoms with van der Waals surface area (Å²) in [6, 6.07) is 0. The number of nitrogens with zero attached hydrogens (tertiary/aromatic N) is 1. The summed E-state index contributed by atoms with van der Waals surface area (Å²) in [4.78, 5) is 17.4. The Labute approximate surface area is 95.1 Å². The molecule has 0 fully saturated rings. The van der Waals surface area contributed by atoms with Crippen molar-refractivity contribution in [3.05, 3.63) is 0 Å². The number of hydrogen-bond donors (Lipinski definition) is 4. The molecule has 0 rings (SSSR count). The monoisotopic (exact) mass is 258 g/mol. The molecule has 0 aliphatic carbocycles. The van der Waals surface area contributed by atoms with E-state index in [4.69, 9.17) is 20.0 Å². The van der Waals surface area contributed by atoms with Crippen LogP contribution in [0, 0.1) is 0 Å². The fourth-order valence-electron chi connectivity index (χ4n) is 1.32. The number of likely N-dealkylation sites (N-methyl/N-ethyl adjacent to an activating group) is 1. The first kappa shape index (κ1) is 16.0. The molecule has 4 N–H and O–H groups in total. The Bertz CT molecular complexity index is 245. The van der Waals surface area contributed by atoms with E-state index in [1.807, 2.05) is 21.1 Å². The highest BCUT2D eigenvalue weighted by Gasteiger charge is 2.27. The Morgan fingerprint density at radius 2 is 1.69 bits per heavy atom. The van der Waals surface area contributed by atoms with Crippen LogP contribution >= 0.6 is 7.82 Å². The number of phosphoric acid groups is 1. The minimum Gasteiger partial charge on any atom is -0.368 e. The third-order valence-electron chi connectivity index (χ3n) is 1.78. The maximum atomic E-state index is 10.7. The van der Waals surface area contributed by atoms with Crippen LogP contribution in [0.4, 0.5) is 0 Å². The van der Waals surface area contributed by atoms with E-state index < -0.39 is 20.2 Å². The molecule has 1 unspecified atom stereocenters. The van der Waals surface area contributed by atoms with Crippen LogP contribution < -0.4 is 0 Å². The van der Waals surface area contributed by atoms with E-state index in [1.54, 1.807) is 0 Å². The minimum absolute atomic E-state index is 0.0185. The van der Waals surface area contributed by atoms with Crippen molar-refractivity contribution in [3.63, 3.8) is 0 Å². The van der Waals surface area contributed by atoms with E-state index >= 15 is 0 Å². The highest BCUT2D eigenvalue weighted by Crippen LogP contribution is 2.38. The van der Waals surface area contributed by atoms with Crippen LogP contribution in [-0.4, -0.2) is 64.6 Å². The smallest absolute Gasteiger partial charge is 0.368 e. The average Bonchev–Trinajstić information content (AvgIpc) is 1.93. The summed E-state index contributed by atoms with van der Waals surface area (Å²) < 4.78 is 15.8. The maximum absolute atomic E-state index is 10.7. The summed E-state index contributed by atoms with van der Waals surface area (Å²) in [5.41, 5.74) is 0. The van der Waals surface area contributed by atoms with Crippen molar-refractivity contribution in [1.29, 1.82) is 0 Å². The zero-order chi connectivity index (χ0) is 13.0. The van der Waals surface area contributed by atoms with Gasteiger partial charge in [-0.2, -0.15) is 0 Å². The SMILES string of the molecule is C[N+](C)(C)CC(CCC(O)O)OP(=O)(O)O. The lowest BCUT2D eigenvalue weighted by Gasteiger charge is -2.29. The van der Waals surface area contributed by atoms with E-state index in [2.05, 4.69) is 4.52 Å². The van der Waals surface area contributed by atoms with Crippen LogP contribution in [0.1, 0.15) is 12.8 Å². The van der Waals surface area contributed by atoms with E-state index in [0.717, 1.165) is 0 Å². The molecule has 0 spiro atoms. The molecule has 8 heteroatoms. The molecule has 0 radical (unpaired) electrons. The normalized spacial score (nSPS) is 15.5. The number of hydrogen-bond acceptors (Lipinski definition) is 4. The fourth-order valence-corrected chi connectivity index (χ4v) is 1.88. The van der Waals surface area contributed by atoms with Crippen molar-refractivity contribution >= 4 is 7.82 Å². The Hall–Kier alpha value is -0.0100. The first-order valence-corrected chi connectivity index (χ1v) is 6.43. The van der Waals surface area contributed by atoms with Gasteiger partial charge in [0.15, 0.2) is 6.29 Å². The van der Waals surface area contributed by atoms with Crippen molar-refractivity contribution < 1.29 is 33.6 Å². The molecule has 0 aromatic heterocycles. The molecule has 0 bridgehead atoms. The summed E-state index contributed by atoms with van der Waals surface area (Å²) in [7, 11) is 1.02. The molecule has 1 atom stereocenters. The molecule has 0 saturated heterocycles. The second kappa shape index (κ2) is 6.07. The summed E-state index contributed by atoms with van der Waals surface area (Å²) in [6.07, 6.45) is -2.00. The van der Waals surface area contributed by atoms with E-state index in [1.165, 1.54) is 0 Å². The lowest BCUT2D eigenvalue weighted by Crippen LogP contribution is -2.42. The largest absolute Gasteiger partial charge is 0.470 e. The summed E-state index contributed by atoms with van der Waals surface area (Å²) >= 11 is 0. The summed E-state index contributed by atoms with van der Waals surface area (Å²) in [5.74, 6) is 0. The van der Waals surface area contributed by atoms with Gasteiger partial charge in [-0.05, 0) is 6.42 Å². The predicted molar refractivity (Wildman–Crippen MR) is 57.3 cm³/mol. The predicted octanol–water partition coefficient (Wildman–Crippen LogP) is -0.739. The summed E-state index contributed by atoms with van der Waals surface area (Å²) in [5, 5.41) is 17.4. The fraction of sp³-hybridized carbons (Fsp3) is 1.00. The lowest BCUT2D eigenvalue weighted by atomic mass is 10.2. The zero-order valence-electron chi connectivity index (χ0n) is 9.78. The zero-order valence-corrected chi connectivity index (χ0v) is 10.7. The number of phosphoric ester groups is 1. The Morgan fingerprint density at radius 1 is 1.19 bits per heavy atom. The number of rotatable bonds is 7. The van der Waals surface area contributed by atoms with Gasteiger partial charge in [0.25, 0.3) is 0 Å². The van der Waals surface area contributed by atoms with Gasteiger partial charge in [-0.1, -0.05) is 0 Å². The van der Waals surface area contributed by atoms with Gasteiger partial charge in [0.05, 0.1) is 21.1 Å². The second-order valence-electron chi connectivity index (χ2n) is 4.75. The molecule has 0 amide bonds. The van der Waals surface area contributed by atoms with E-state index in [0.29, 0.717) is 11.0 Å². The molecule has 98 valence electrons. The van der Waals surface area contributed by atoms with Crippen LogP contribution in [0.15, 0.2) is 0 Å². The number of quaternary nitrogens is 1. The molecule has 0 heterocycles. The van der Waals surface area contributed by atoms with Crippen molar-refractivity contribution in [1.82, 2.24) is 0 Å². The molecular weight excluding hydrogens is 237 g/mol. The Morgan fingerprint density at radius 3 is 2.00 bits per heavy atom. The van der Waals surface area contributed by atoms with E-state index in [-0.39, 0.29) is 12.8 Å². The third kappa shape index (κ3) is 10.5. The molecular formula is C8H21NO6P+. The van der Waals surface area contributed by atoms with Crippen molar-refractivity contribution in [2.75, 3.05) is 27.7 Å². The average molecular weight is 258 g/mol. The minimum atomic E-state index is -4.54. The number of aliphatic hydroxyl groups is 2. The van der Waals surface area contributed by atoms with Crippen LogP contribution in [0.5, 0.6) is 0 Å². The number of aliphatic hydroxyl groups excluding tert-OH is 1. The molecule has 0 aromatic rings. The van der Waals surface area contributed by atoms with Gasteiger partial charge in [0, 0.05) is 6.42 Å². The highest BCUT2D eigenvalue weighted by molar-refractivity contribution is 7.46. The Balaban J connectivity index is 4.34. The van der Waals surface area contributed by atoms with Crippen LogP contribution in [-0.2, 0) is 9.09 Å². The van der Waals surface area contributed by atoms with E-state index in [9.17, 15) is 4.57 Å². The van der Waals surface area contributed by atoms with Gasteiger partial charge in [-0.3, -0.25) is 4.52 Å². The molecule has 7 nitrogen and oxygen atoms in total. The first-order valence-electron chi connectivity index (χ1n) is 4.90. The molecule has 0 aliphatic rings. The van der Waals surface area contributed by atoms with Crippen LogP contribution in [0.25, 0.3) is 0 Å². The topological polar surface area (TPSA) is 107 Å². The van der Waals surface area contributed by atoms with Gasteiger partial charge < -0.3 is 24.5 Å². The Kier molecular flexibility index (Phi) is 6.06. The van der Waals surface area contributed by atoms with Crippen molar-refractivity contribution in [2.45, 2.75) is 25.2 Å². The third-order valence-corrected chi connectivity index (χ3v) is 2.36. The van der Waals surface area contributed by atoms with Gasteiger partial charge in [0.2, 0.25) is 0 Å². The first-order chi connectivity index (χ1) is 6.99. The molecule has 16 heavy (non-hydrogen) atoms. The van der Waals surface area contributed by atoms with Gasteiger partial charge in [0.1, 0.15) is 12.6 Å². The van der Waals surface area contributed by atoms with Crippen LogP contribution in [0.2, 0.25) is 0 Å². The molecule has 0 saturated carbocycles. The van der Waals surface area contributed by atoms with Crippen molar-refractivity contribution in [3.8, 4) is 0 Å². The van der Waals surface area contributed by atoms with Gasteiger partial charge >= 0.3 is 7.82 Å². The maximum Gasteiger partial charge on any atom is 0.470 e. The molecule has 0 aliphatic heterocycles.